The molecule has 9 nitrogen and oxygen atoms in total. The van der Waals surface area contributed by atoms with Gasteiger partial charge in [-0.25, -0.2) is 16.3 Å². The summed E-state index contributed by atoms with van der Waals surface area (Å²) in [6, 6.07) is 9.27. The van der Waals surface area contributed by atoms with E-state index in [4.69, 9.17) is 4.42 Å². The highest BCUT2D eigenvalue weighted by molar-refractivity contribution is 5.99. The van der Waals surface area contributed by atoms with Crippen molar-refractivity contribution in [2.24, 2.45) is 5.10 Å². The second-order valence-corrected chi connectivity index (χ2v) is 6.06. The number of aryl methyl sites for hydroxylation is 1. The molecule has 0 saturated carbocycles. The molecule has 0 aliphatic carbocycles. The van der Waals surface area contributed by atoms with Gasteiger partial charge in [-0.2, -0.15) is 5.10 Å². The van der Waals surface area contributed by atoms with Crippen LogP contribution in [0.3, 0.4) is 0 Å². The van der Waals surface area contributed by atoms with Crippen LogP contribution in [0, 0.1) is 17.0 Å². The van der Waals surface area contributed by atoms with Crippen molar-refractivity contribution < 1.29 is 14.1 Å². The van der Waals surface area contributed by atoms with Crippen molar-refractivity contribution >= 4 is 17.3 Å². The van der Waals surface area contributed by atoms with Crippen molar-refractivity contribution in [1.29, 1.82) is 0 Å². The molecule has 1 aliphatic rings. The third-order valence-corrected chi connectivity index (χ3v) is 4.13. The number of carbonyl (C=O) groups is 1. The van der Waals surface area contributed by atoms with Crippen molar-refractivity contribution in [3.05, 3.63) is 63.6 Å². The molecular weight excluding hydrogens is 338 g/mol. The number of hydrogen-bond donors (Lipinski definition) is 3. The minimum Gasteiger partial charge on any atom is -0.465 e. The van der Waals surface area contributed by atoms with E-state index in [1.165, 1.54) is 12.1 Å². The lowest BCUT2D eigenvalue weighted by Gasteiger charge is -2.08. The number of hydrazine groups is 1. The van der Waals surface area contributed by atoms with Crippen LogP contribution in [0.1, 0.15) is 36.5 Å². The first-order valence-corrected chi connectivity index (χ1v) is 8.10. The summed E-state index contributed by atoms with van der Waals surface area (Å²) in [5.41, 5.74) is 9.47. The number of nitro benzene ring substituents is 1. The predicted octanol–water partition coefficient (Wildman–Crippen LogP) is 1.94. The molecule has 2 unspecified atom stereocenters. The first kappa shape index (κ1) is 17.8. The molecule has 3 N–H and O–H groups in total. The predicted molar refractivity (Wildman–Crippen MR) is 94.3 cm³/mol. The molecule has 2 heterocycles. The van der Waals surface area contributed by atoms with Crippen LogP contribution in [-0.2, 0) is 4.79 Å². The van der Waals surface area contributed by atoms with Crippen LogP contribution in [0.2, 0.25) is 0 Å². The molecule has 2 aromatic rings. The van der Waals surface area contributed by atoms with Gasteiger partial charge >= 0.3 is 0 Å². The van der Waals surface area contributed by atoms with Crippen LogP contribution >= 0.6 is 0 Å². The second kappa shape index (κ2) is 7.46. The van der Waals surface area contributed by atoms with Crippen LogP contribution in [0.4, 0.5) is 5.69 Å². The third kappa shape index (κ3) is 3.95. The van der Waals surface area contributed by atoms with E-state index in [2.05, 4.69) is 21.4 Å². The molecule has 2 atom stereocenters. The number of nitrogens with one attached hydrogen (secondary N) is 3. The summed E-state index contributed by atoms with van der Waals surface area (Å²) in [5.74, 6) is 1.28. The van der Waals surface area contributed by atoms with Crippen molar-refractivity contribution in [1.82, 2.24) is 16.3 Å². The maximum Gasteiger partial charge on any atom is 0.270 e. The van der Waals surface area contributed by atoms with Crippen LogP contribution in [0.25, 0.3) is 0 Å². The van der Waals surface area contributed by atoms with E-state index >= 15 is 0 Å². The molecule has 1 fully saturated rings. The molecule has 1 aliphatic heterocycles. The van der Waals surface area contributed by atoms with Gasteiger partial charge < -0.3 is 4.42 Å². The Hall–Kier alpha value is -3.04. The van der Waals surface area contributed by atoms with E-state index in [1.54, 1.807) is 19.1 Å². The summed E-state index contributed by atoms with van der Waals surface area (Å²) in [5, 5.41) is 14.9. The number of furan rings is 1. The molecular formula is C17H19N5O4. The van der Waals surface area contributed by atoms with E-state index in [0.29, 0.717) is 17.7 Å². The average Bonchev–Trinajstić information content (AvgIpc) is 3.28. The van der Waals surface area contributed by atoms with Gasteiger partial charge in [0.2, 0.25) is 0 Å². The highest BCUT2D eigenvalue weighted by Gasteiger charge is 2.31. The summed E-state index contributed by atoms with van der Waals surface area (Å²) in [6.07, 6.45) is 0.518. The van der Waals surface area contributed by atoms with Gasteiger partial charge in [0, 0.05) is 17.7 Å². The minimum absolute atomic E-state index is 0.0263. The Kier molecular flexibility index (Phi) is 5.10. The van der Waals surface area contributed by atoms with Gasteiger partial charge in [-0.1, -0.05) is 12.1 Å². The molecule has 3 rings (SSSR count). The number of amides is 1. The standard InChI is InChI=1S/C17H19N5O4/c1-10-6-7-16(26-10)14-9-15(20-19-14)17(23)21-18-11(2)12-4-3-5-13(8-12)22(24)25/h3-8,14-15,19-20H,9H2,1-2H3,(H,21,23)/b18-11-. The molecule has 0 bridgehead atoms. The van der Waals surface area contributed by atoms with E-state index in [9.17, 15) is 14.9 Å². The van der Waals surface area contributed by atoms with Crippen LogP contribution < -0.4 is 16.3 Å². The SMILES string of the molecule is C/C(=N/NC(=O)C1CC(c2ccc(C)o2)NN1)c1cccc([N+](=O)[O-])c1. The smallest absolute Gasteiger partial charge is 0.270 e. The second-order valence-electron chi connectivity index (χ2n) is 6.06. The minimum atomic E-state index is -0.472. The highest BCUT2D eigenvalue weighted by Crippen LogP contribution is 2.24. The maximum absolute atomic E-state index is 12.3. The largest absolute Gasteiger partial charge is 0.465 e. The van der Waals surface area contributed by atoms with Crippen LogP contribution in [0.5, 0.6) is 0 Å². The maximum atomic E-state index is 12.3. The number of nitrogens with zero attached hydrogens (tertiary/aromatic N) is 2. The van der Waals surface area contributed by atoms with Crippen molar-refractivity contribution in [3.63, 3.8) is 0 Å². The molecule has 0 spiro atoms. The summed E-state index contributed by atoms with van der Waals surface area (Å²) in [7, 11) is 0. The molecule has 0 radical (unpaired) electrons. The highest BCUT2D eigenvalue weighted by atomic mass is 16.6. The number of benzene rings is 1. The van der Waals surface area contributed by atoms with Crippen LogP contribution in [0.15, 0.2) is 45.9 Å². The van der Waals surface area contributed by atoms with Gasteiger partial charge in [0.25, 0.3) is 11.6 Å². The number of rotatable bonds is 5. The van der Waals surface area contributed by atoms with Crippen molar-refractivity contribution in [3.8, 4) is 0 Å². The first-order valence-electron chi connectivity index (χ1n) is 8.10. The Labute approximate surface area is 149 Å². The Bertz CT molecular complexity index is 860. The topological polar surface area (TPSA) is 122 Å². The quantitative estimate of drug-likeness (QED) is 0.427. The van der Waals surface area contributed by atoms with Gasteiger partial charge in [0.15, 0.2) is 0 Å². The fraction of sp³-hybridized carbons (Fsp3) is 0.294. The van der Waals surface area contributed by atoms with Gasteiger partial charge in [0.05, 0.1) is 16.7 Å². The van der Waals surface area contributed by atoms with E-state index in [-0.39, 0.29) is 17.6 Å². The van der Waals surface area contributed by atoms with E-state index in [0.717, 1.165) is 11.5 Å². The summed E-state index contributed by atoms with van der Waals surface area (Å²) in [4.78, 5) is 22.6. The Morgan fingerprint density at radius 2 is 2.15 bits per heavy atom. The Balaban J connectivity index is 1.60. The number of nitro groups is 1. The lowest BCUT2D eigenvalue weighted by atomic mass is 10.1. The fourth-order valence-corrected chi connectivity index (χ4v) is 2.68. The zero-order valence-corrected chi connectivity index (χ0v) is 14.4. The van der Waals surface area contributed by atoms with Crippen LogP contribution in [-0.4, -0.2) is 22.6 Å². The molecule has 1 aromatic heterocycles. The number of non-ortho nitro benzene ring substituents is 1. The molecule has 1 amide bonds. The van der Waals surface area contributed by atoms with Gasteiger partial charge in [-0.3, -0.25) is 14.9 Å². The van der Waals surface area contributed by atoms with Crippen molar-refractivity contribution in [2.75, 3.05) is 0 Å². The molecule has 1 saturated heterocycles. The third-order valence-electron chi connectivity index (χ3n) is 4.13. The van der Waals surface area contributed by atoms with Gasteiger partial charge in [0.1, 0.15) is 17.6 Å². The lowest BCUT2D eigenvalue weighted by molar-refractivity contribution is -0.384. The van der Waals surface area contributed by atoms with E-state index < -0.39 is 11.0 Å². The molecule has 9 heteroatoms. The zero-order valence-electron chi connectivity index (χ0n) is 14.4. The average molecular weight is 357 g/mol. The summed E-state index contributed by atoms with van der Waals surface area (Å²) >= 11 is 0. The molecule has 136 valence electrons. The van der Waals surface area contributed by atoms with Crippen molar-refractivity contribution in [2.45, 2.75) is 32.4 Å². The Morgan fingerprint density at radius 1 is 1.35 bits per heavy atom. The van der Waals surface area contributed by atoms with Gasteiger partial charge in [-0.05, 0) is 32.4 Å². The van der Waals surface area contributed by atoms with E-state index in [1.807, 2.05) is 19.1 Å². The monoisotopic (exact) mass is 357 g/mol. The normalized spacial score (nSPS) is 20.2. The van der Waals surface area contributed by atoms with Gasteiger partial charge in [-0.15, -0.1) is 0 Å². The zero-order chi connectivity index (χ0) is 18.7. The Morgan fingerprint density at radius 3 is 2.85 bits per heavy atom. The lowest BCUT2D eigenvalue weighted by Crippen LogP contribution is -2.41. The number of hydrazone groups is 1. The molecule has 1 aromatic carbocycles. The summed E-state index contributed by atoms with van der Waals surface area (Å²) in [6.45, 7) is 3.54. The summed E-state index contributed by atoms with van der Waals surface area (Å²) < 4.78 is 5.57. The first-order chi connectivity index (χ1) is 12.4. The molecule has 26 heavy (non-hydrogen) atoms. The number of carbonyl (C=O) groups excluding carboxylic acids is 1. The fourth-order valence-electron chi connectivity index (χ4n) is 2.68. The number of hydrogen-bond acceptors (Lipinski definition) is 7.